The maximum atomic E-state index is 14.7. The SMILES string of the molecule is C=CC1CCC(CCCOc2ccc(OCC(F)(F)Oc3ccc(C)cc3)c(F)c2C)CC1. The van der Waals surface area contributed by atoms with E-state index in [2.05, 4.69) is 17.4 Å². The Morgan fingerprint density at radius 2 is 1.64 bits per heavy atom. The first kappa shape index (κ1) is 25.0. The maximum absolute atomic E-state index is 14.7. The molecule has 0 saturated heterocycles. The Bertz CT molecular complexity index is 904. The van der Waals surface area contributed by atoms with E-state index < -0.39 is 18.5 Å². The number of hydrogen-bond donors (Lipinski definition) is 0. The monoisotopic (exact) mass is 462 g/mol. The largest absolute Gasteiger partial charge is 0.493 e. The lowest BCUT2D eigenvalue weighted by molar-refractivity contribution is -0.195. The number of hydrogen-bond acceptors (Lipinski definition) is 3. The number of alkyl halides is 2. The van der Waals surface area contributed by atoms with E-state index in [1.807, 2.05) is 6.92 Å². The summed E-state index contributed by atoms with van der Waals surface area (Å²) >= 11 is 0. The van der Waals surface area contributed by atoms with Gasteiger partial charge < -0.3 is 14.2 Å². The number of benzene rings is 2. The first-order valence-electron chi connectivity index (χ1n) is 11.6. The third kappa shape index (κ3) is 7.44. The van der Waals surface area contributed by atoms with Gasteiger partial charge in [0.25, 0.3) is 0 Å². The lowest BCUT2D eigenvalue weighted by Crippen LogP contribution is -2.32. The van der Waals surface area contributed by atoms with Crippen molar-refractivity contribution in [2.45, 2.75) is 58.5 Å². The van der Waals surface area contributed by atoms with Gasteiger partial charge in [0, 0.05) is 5.56 Å². The van der Waals surface area contributed by atoms with Crippen LogP contribution in [0.2, 0.25) is 0 Å². The highest BCUT2D eigenvalue weighted by Crippen LogP contribution is 2.33. The third-order valence-electron chi connectivity index (χ3n) is 6.22. The number of rotatable bonds is 11. The van der Waals surface area contributed by atoms with Crippen LogP contribution in [0, 0.1) is 31.5 Å². The molecule has 0 aromatic heterocycles. The number of allylic oxidation sites excluding steroid dienone is 1. The molecule has 2 aromatic rings. The Hall–Kier alpha value is -2.63. The van der Waals surface area contributed by atoms with Crippen molar-refractivity contribution in [1.82, 2.24) is 0 Å². The van der Waals surface area contributed by atoms with Crippen LogP contribution < -0.4 is 14.2 Å². The van der Waals surface area contributed by atoms with Gasteiger partial charge in [-0.3, -0.25) is 0 Å². The van der Waals surface area contributed by atoms with Crippen molar-refractivity contribution in [3.8, 4) is 17.2 Å². The molecule has 3 nitrogen and oxygen atoms in total. The van der Waals surface area contributed by atoms with Crippen LogP contribution in [0.1, 0.15) is 49.7 Å². The summed E-state index contributed by atoms with van der Waals surface area (Å²) in [5.41, 5.74) is 1.17. The van der Waals surface area contributed by atoms with Crippen molar-refractivity contribution >= 4 is 0 Å². The van der Waals surface area contributed by atoms with E-state index in [4.69, 9.17) is 9.47 Å². The van der Waals surface area contributed by atoms with Crippen molar-refractivity contribution in [3.63, 3.8) is 0 Å². The summed E-state index contributed by atoms with van der Waals surface area (Å²) in [4.78, 5) is 0. The molecular weight excluding hydrogens is 429 g/mol. The van der Waals surface area contributed by atoms with Gasteiger partial charge in [-0.05, 0) is 88.5 Å². The zero-order valence-corrected chi connectivity index (χ0v) is 19.4. The Morgan fingerprint density at radius 1 is 0.970 bits per heavy atom. The van der Waals surface area contributed by atoms with Crippen LogP contribution in [-0.2, 0) is 0 Å². The van der Waals surface area contributed by atoms with Crippen LogP contribution in [0.5, 0.6) is 17.2 Å². The second kappa shape index (κ2) is 11.5. The molecule has 0 aliphatic heterocycles. The van der Waals surface area contributed by atoms with E-state index in [1.54, 1.807) is 25.1 Å². The van der Waals surface area contributed by atoms with Crippen LogP contribution in [0.3, 0.4) is 0 Å². The summed E-state index contributed by atoms with van der Waals surface area (Å²) in [5.74, 6) is 0.814. The van der Waals surface area contributed by atoms with Crippen molar-refractivity contribution in [3.05, 3.63) is 66.0 Å². The molecule has 0 spiro atoms. The predicted octanol–water partition coefficient (Wildman–Crippen LogP) is 7.64. The molecule has 0 radical (unpaired) electrons. The fourth-order valence-electron chi connectivity index (χ4n) is 4.15. The van der Waals surface area contributed by atoms with Gasteiger partial charge in [0.15, 0.2) is 18.2 Å². The fourth-order valence-corrected chi connectivity index (χ4v) is 4.15. The summed E-state index contributed by atoms with van der Waals surface area (Å²) in [6.07, 6.45) is 5.28. The highest BCUT2D eigenvalue weighted by Gasteiger charge is 2.33. The van der Waals surface area contributed by atoms with Crippen LogP contribution in [0.15, 0.2) is 49.1 Å². The van der Waals surface area contributed by atoms with Crippen molar-refractivity contribution in [2.24, 2.45) is 11.8 Å². The van der Waals surface area contributed by atoms with E-state index in [0.29, 0.717) is 24.2 Å². The quantitative estimate of drug-likeness (QED) is 0.254. The zero-order chi connectivity index (χ0) is 23.8. The Morgan fingerprint density at radius 3 is 2.30 bits per heavy atom. The third-order valence-corrected chi connectivity index (χ3v) is 6.22. The van der Waals surface area contributed by atoms with Gasteiger partial charge in [-0.25, -0.2) is 4.39 Å². The van der Waals surface area contributed by atoms with Crippen LogP contribution in [0.25, 0.3) is 0 Å². The molecule has 1 aliphatic rings. The van der Waals surface area contributed by atoms with Gasteiger partial charge in [0.05, 0.1) is 6.61 Å². The summed E-state index contributed by atoms with van der Waals surface area (Å²) in [7, 11) is 0. The first-order valence-corrected chi connectivity index (χ1v) is 11.6. The molecule has 1 fully saturated rings. The minimum Gasteiger partial charge on any atom is -0.493 e. The topological polar surface area (TPSA) is 27.7 Å². The van der Waals surface area contributed by atoms with Gasteiger partial charge in [-0.1, -0.05) is 23.8 Å². The van der Waals surface area contributed by atoms with Crippen molar-refractivity contribution in [2.75, 3.05) is 13.2 Å². The van der Waals surface area contributed by atoms with Crippen molar-refractivity contribution in [1.29, 1.82) is 0 Å². The maximum Gasteiger partial charge on any atom is 0.432 e. The minimum absolute atomic E-state index is 0.0170. The highest BCUT2D eigenvalue weighted by atomic mass is 19.3. The molecule has 1 aliphatic carbocycles. The van der Waals surface area contributed by atoms with Crippen LogP contribution in [0.4, 0.5) is 13.2 Å². The van der Waals surface area contributed by atoms with Gasteiger partial charge in [-0.15, -0.1) is 6.58 Å². The second-order valence-corrected chi connectivity index (χ2v) is 8.85. The van der Waals surface area contributed by atoms with Crippen molar-refractivity contribution < 1.29 is 27.4 Å². The van der Waals surface area contributed by atoms with Gasteiger partial charge in [-0.2, -0.15) is 8.78 Å². The van der Waals surface area contributed by atoms with E-state index in [0.717, 1.165) is 18.4 Å². The summed E-state index contributed by atoms with van der Waals surface area (Å²) < 4.78 is 58.4. The lowest BCUT2D eigenvalue weighted by atomic mass is 9.80. The standard InChI is InChI=1S/C27H33F3O3/c1-4-21-9-11-22(12-10-21)6-5-17-31-24-15-16-25(26(28)20(24)3)32-18-27(29,30)33-23-13-7-19(2)8-14-23/h4,7-8,13-16,21-22H,1,5-6,9-12,17-18H2,2-3H3. The number of ether oxygens (including phenoxy) is 3. The molecule has 0 amide bonds. The molecule has 6 heteroatoms. The van der Waals surface area contributed by atoms with Crippen LogP contribution >= 0.6 is 0 Å². The zero-order valence-electron chi connectivity index (χ0n) is 19.4. The Balaban J connectivity index is 1.46. The summed E-state index contributed by atoms with van der Waals surface area (Å²) in [6.45, 7) is 6.66. The van der Waals surface area contributed by atoms with E-state index in [9.17, 15) is 13.2 Å². The predicted molar refractivity (Wildman–Crippen MR) is 124 cm³/mol. The van der Waals surface area contributed by atoms with E-state index in [-0.39, 0.29) is 17.1 Å². The molecule has 33 heavy (non-hydrogen) atoms. The second-order valence-electron chi connectivity index (χ2n) is 8.85. The molecule has 0 unspecified atom stereocenters. The molecule has 180 valence electrons. The summed E-state index contributed by atoms with van der Waals surface area (Å²) in [5, 5.41) is 0. The van der Waals surface area contributed by atoms with E-state index >= 15 is 0 Å². The smallest absolute Gasteiger partial charge is 0.432 e. The number of halogens is 3. The van der Waals surface area contributed by atoms with E-state index in [1.165, 1.54) is 43.9 Å². The molecule has 3 rings (SSSR count). The molecule has 2 aromatic carbocycles. The molecule has 0 heterocycles. The van der Waals surface area contributed by atoms with Gasteiger partial charge in [0.1, 0.15) is 11.5 Å². The Labute approximate surface area is 194 Å². The highest BCUT2D eigenvalue weighted by molar-refractivity contribution is 5.41. The summed E-state index contributed by atoms with van der Waals surface area (Å²) in [6, 6.07) is 9.11. The first-order chi connectivity index (χ1) is 15.8. The normalized spacial score (nSPS) is 18.6. The fraction of sp³-hybridized carbons (Fsp3) is 0.481. The van der Waals surface area contributed by atoms with Gasteiger partial charge in [0.2, 0.25) is 0 Å². The molecule has 1 saturated carbocycles. The molecule has 0 N–H and O–H groups in total. The average molecular weight is 463 g/mol. The Kier molecular flexibility index (Phi) is 8.70. The van der Waals surface area contributed by atoms with Gasteiger partial charge >= 0.3 is 6.11 Å². The van der Waals surface area contributed by atoms with Crippen LogP contribution in [-0.4, -0.2) is 19.3 Å². The average Bonchev–Trinajstić information content (AvgIpc) is 2.80. The molecule has 0 bridgehead atoms. The molecular formula is C27H33F3O3. The lowest BCUT2D eigenvalue weighted by Gasteiger charge is -2.26. The number of aryl methyl sites for hydroxylation is 1. The minimum atomic E-state index is -3.60. The molecule has 0 atom stereocenters.